The molecule has 1 saturated carbocycles. The maximum atomic E-state index is 6.16. The molecule has 0 bridgehead atoms. The van der Waals surface area contributed by atoms with Crippen LogP contribution in [0.15, 0.2) is 16.5 Å². The minimum absolute atomic E-state index is 0.0891. The fourth-order valence-corrected chi connectivity index (χ4v) is 1.80. The van der Waals surface area contributed by atoms with E-state index in [1.165, 1.54) is 0 Å². The van der Waals surface area contributed by atoms with Gasteiger partial charge in [-0.3, -0.25) is 0 Å². The molecule has 13 heavy (non-hydrogen) atoms. The first-order valence-electron chi connectivity index (χ1n) is 4.50. The molecular formula is C10H14ClNO. The zero-order valence-corrected chi connectivity index (χ0v) is 8.69. The first-order valence-corrected chi connectivity index (χ1v) is 4.88. The topological polar surface area (TPSA) is 39.2 Å². The lowest BCUT2D eigenvalue weighted by Crippen LogP contribution is -2.43. The van der Waals surface area contributed by atoms with Gasteiger partial charge in [-0.15, -0.1) is 0 Å². The Balaban J connectivity index is 2.34. The van der Waals surface area contributed by atoms with Crippen LogP contribution < -0.4 is 5.73 Å². The highest BCUT2D eigenvalue weighted by atomic mass is 35.5. The fraction of sp³-hybridized carbons (Fsp3) is 0.600. The Hall–Kier alpha value is -0.470. The maximum absolute atomic E-state index is 6.16. The summed E-state index contributed by atoms with van der Waals surface area (Å²) in [6, 6.07) is 3.68. The van der Waals surface area contributed by atoms with Crippen LogP contribution in [0.4, 0.5) is 0 Å². The lowest BCUT2D eigenvalue weighted by atomic mass is 9.80. The molecule has 2 N–H and O–H groups in total. The monoisotopic (exact) mass is 199 g/mol. The number of hydrogen-bond donors (Lipinski definition) is 1. The normalized spacial score (nSPS) is 20.3. The number of hydrogen-bond acceptors (Lipinski definition) is 2. The summed E-state index contributed by atoms with van der Waals surface area (Å²) in [4.78, 5) is 0. The van der Waals surface area contributed by atoms with Gasteiger partial charge in [0.1, 0.15) is 5.76 Å². The van der Waals surface area contributed by atoms with E-state index in [2.05, 4.69) is 13.8 Å². The van der Waals surface area contributed by atoms with E-state index < -0.39 is 0 Å². The Kier molecular flexibility index (Phi) is 1.76. The summed E-state index contributed by atoms with van der Waals surface area (Å²) < 4.78 is 5.40. The summed E-state index contributed by atoms with van der Waals surface area (Å²) in [5.41, 5.74) is 5.96. The molecule has 2 rings (SSSR count). The van der Waals surface area contributed by atoms with E-state index >= 15 is 0 Å². The standard InChI is InChI=1S/C10H14ClNO/c1-9(2,10(12)5-6-10)7-3-4-8(11)13-7/h3-4H,5-6,12H2,1-2H3. The second kappa shape index (κ2) is 2.52. The van der Waals surface area contributed by atoms with Crippen LogP contribution >= 0.6 is 11.6 Å². The van der Waals surface area contributed by atoms with Crippen LogP contribution in [-0.2, 0) is 5.41 Å². The highest BCUT2D eigenvalue weighted by Crippen LogP contribution is 2.49. The third kappa shape index (κ3) is 1.29. The molecule has 2 nitrogen and oxygen atoms in total. The van der Waals surface area contributed by atoms with Crippen molar-refractivity contribution < 1.29 is 4.42 Å². The molecule has 0 radical (unpaired) electrons. The molecule has 72 valence electrons. The van der Waals surface area contributed by atoms with Crippen molar-refractivity contribution in [3.63, 3.8) is 0 Å². The van der Waals surface area contributed by atoms with Gasteiger partial charge in [-0.1, -0.05) is 13.8 Å². The molecule has 3 heteroatoms. The van der Waals surface area contributed by atoms with Crippen LogP contribution in [0, 0.1) is 0 Å². The average Bonchev–Trinajstić information content (AvgIpc) is 2.63. The van der Waals surface area contributed by atoms with Crippen LogP contribution in [0.5, 0.6) is 0 Å². The molecule has 0 aromatic carbocycles. The molecule has 1 heterocycles. The number of rotatable bonds is 2. The highest BCUT2D eigenvalue weighted by Gasteiger charge is 2.53. The predicted octanol–water partition coefficient (Wildman–Crippen LogP) is 2.70. The summed E-state index contributed by atoms with van der Waals surface area (Å²) in [5.74, 6) is 0.887. The fourth-order valence-electron chi connectivity index (χ4n) is 1.66. The van der Waals surface area contributed by atoms with Crippen molar-refractivity contribution in [1.29, 1.82) is 0 Å². The van der Waals surface area contributed by atoms with Gasteiger partial charge in [0.2, 0.25) is 0 Å². The van der Waals surface area contributed by atoms with Gasteiger partial charge < -0.3 is 10.2 Å². The van der Waals surface area contributed by atoms with Crippen LogP contribution in [0.1, 0.15) is 32.4 Å². The smallest absolute Gasteiger partial charge is 0.193 e. The van der Waals surface area contributed by atoms with Crippen molar-refractivity contribution in [1.82, 2.24) is 0 Å². The van der Waals surface area contributed by atoms with Crippen molar-refractivity contribution in [3.05, 3.63) is 23.1 Å². The van der Waals surface area contributed by atoms with Gasteiger partial charge >= 0.3 is 0 Å². The number of halogens is 1. The molecule has 0 amide bonds. The zero-order valence-electron chi connectivity index (χ0n) is 7.93. The van der Waals surface area contributed by atoms with Crippen molar-refractivity contribution in [2.75, 3.05) is 0 Å². The van der Waals surface area contributed by atoms with E-state index in [4.69, 9.17) is 21.8 Å². The Morgan fingerprint density at radius 2 is 2.08 bits per heavy atom. The van der Waals surface area contributed by atoms with Crippen LogP contribution in [0.25, 0.3) is 0 Å². The molecular weight excluding hydrogens is 186 g/mol. The molecule has 0 atom stereocenters. The molecule has 0 saturated heterocycles. The van der Waals surface area contributed by atoms with Crippen molar-refractivity contribution in [3.8, 4) is 0 Å². The molecule has 0 spiro atoms. The second-order valence-electron chi connectivity index (χ2n) is 4.38. The van der Waals surface area contributed by atoms with E-state index in [1.807, 2.05) is 6.07 Å². The highest BCUT2D eigenvalue weighted by molar-refractivity contribution is 6.28. The molecule has 1 aliphatic rings. The van der Waals surface area contributed by atoms with Crippen LogP contribution in [0.3, 0.4) is 0 Å². The molecule has 1 aromatic rings. The Labute approximate surface area is 83.1 Å². The lowest BCUT2D eigenvalue weighted by molar-refractivity contribution is 0.314. The molecule has 1 aliphatic carbocycles. The predicted molar refractivity (Wildman–Crippen MR) is 52.9 cm³/mol. The van der Waals surface area contributed by atoms with Gasteiger partial charge in [-0.25, -0.2) is 0 Å². The van der Waals surface area contributed by atoms with Gasteiger partial charge in [0.05, 0.1) is 0 Å². The minimum atomic E-state index is -0.111. The third-order valence-corrected chi connectivity index (χ3v) is 3.43. The second-order valence-corrected chi connectivity index (χ2v) is 4.76. The summed E-state index contributed by atoms with van der Waals surface area (Å²) in [5, 5.41) is 0.437. The van der Waals surface area contributed by atoms with E-state index in [0.717, 1.165) is 18.6 Å². The lowest BCUT2D eigenvalue weighted by Gasteiger charge is -2.29. The first-order chi connectivity index (χ1) is 5.96. The minimum Gasteiger partial charge on any atom is -0.449 e. The van der Waals surface area contributed by atoms with Gasteiger partial charge in [0, 0.05) is 11.0 Å². The van der Waals surface area contributed by atoms with E-state index in [1.54, 1.807) is 6.07 Å². The van der Waals surface area contributed by atoms with Gasteiger partial charge in [0.15, 0.2) is 5.22 Å². The van der Waals surface area contributed by atoms with Crippen LogP contribution in [0.2, 0.25) is 5.22 Å². The Bertz CT molecular complexity index is 325. The van der Waals surface area contributed by atoms with E-state index in [9.17, 15) is 0 Å². The van der Waals surface area contributed by atoms with Gasteiger partial charge in [-0.2, -0.15) is 0 Å². The Morgan fingerprint density at radius 1 is 1.46 bits per heavy atom. The Morgan fingerprint density at radius 3 is 2.46 bits per heavy atom. The summed E-state index contributed by atoms with van der Waals surface area (Å²) in [6.07, 6.45) is 2.14. The van der Waals surface area contributed by atoms with E-state index in [0.29, 0.717) is 5.22 Å². The third-order valence-electron chi connectivity index (χ3n) is 3.22. The number of nitrogens with two attached hydrogens (primary N) is 1. The van der Waals surface area contributed by atoms with Gasteiger partial charge in [0.25, 0.3) is 0 Å². The van der Waals surface area contributed by atoms with Crippen LogP contribution in [-0.4, -0.2) is 5.54 Å². The quantitative estimate of drug-likeness (QED) is 0.796. The summed E-state index contributed by atoms with van der Waals surface area (Å²) in [6.45, 7) is 4.21. The SMILES string of the molecule is CC(C)(c1ccc(Cl)o1)C1(N)CC1. The molecule has 1 fully saturated rings. The molecule has 0 aliphatic heterocycles. The van der Waals surface area contributed by atoms with Crippen molar-refractivity contribution in [2.45, 2.75) is 37.6 Å². The summed E-state index contributed by atoms with van der Waals surface area (Å²) in [7, 11) is 0. The first kappa shape index (κ1) is 9.10. The van der Waals surface area contributed by atoms with Crippen molar-refractivity contribution in [2.24, 2.45) is 5.73 Å². The molecule has 0 unspecified atom stereocenters. The van der Waals surface area contributed by atoms with E-state index in [-0.39, 0.29) is 11.0 Å². The summed E-state index contributed by atoms with van der Waals surface area (Å²) >= 11 is 5.73. The number of furan rings is 1. The zero-order chi connectivity index (χ0) is 9.69. The largest absolute Gasteiger partial charge is 0.449 e. The molecule has 1 aromatic heterocycles. The maximum Gasteiger partial charge on any atom is 0.193 e. The van der Waals surface area contributed by atoms with Crippen molar-refractivity contribution >= 4 is 11.6 Å². The average molecular weight is 200 g/mol. The van der Waals surface area contributed by atoms with Gasteiger partial charge in [-0.05, 0) is 36.6 Å².